The van der Waals surface area contributed by atoms with Gasteiger partial charge in [-0.1, -0.05) is 57.6 Å². The molecule has 0 rings (SSSR count). The molecule has 17 heavy (non-hydrogen) atoms. The lowest BCUT2D eigenvalue weighted by Crippen LogP contribution is -1.89. The molecular weight excluding hydrogens is 208 g/mol. The molecular formula is C16H30O. The molecule has 0 aromatic carbocycles. The Morgan fingerprint density at radius 2 is 1.35 bits per heavy atom. The highest BCUT2D eigenvalue weighted by Gasteiger charge is 1.94. The van der Waals surface area contributed by atoms with Crippen LogP contribution in [0.2, 0.25) is 0 Å². The van der Waals surface area contributed by atoms with Crippen LogP contribution in [-0.4, -0.2) is 5.78 Å². The van der Waals surface area contributed by atoms with Gasteiger partial charge < -0.3 is 4.79 Å². The first-order valence-electron chi connectivity index (χ1n) is 7.41. The summed E-state index contributed by atoms with van der Waals surface area (Å²) in [6.45, 7) is 3.91. The van der Waals surface area contributed by atoms with E-state index in [1.54, 1.807) is 6.92 Å². The van der Waals surface area contributed by atoms with E-state index in [1.807, 2.05) is 0 Å². The second-order valence-electron chi connectivity index (χ2n) is 4.98. The van der Waals surface area contributed by atoms with Crippen LogP contribution in [0.5, 0.6) is 0 Å². The van der Waals surface area contributed by atoms with Crippen molar-refractivity contribution in [2.75, 3.05) is 0 Å². The zero-order chi connectivity index (χ0) is 12.8. The van der Waals surface area contributed by atoms with Gasteiger partial charge in [-0.05, 0) is 32.6 Å². The number of hydrogen-bond donors (Lipinski definition) is 0. The van der Waals surface area contributed by atoms with Gasteiger partial charge in [0.2, 0.25) is 0 Å². The van der Waals surface area contributed by atoms with E-state index in [1.165, 1.54) is 57.8 Å². The van der Waals surface area contributed by atoms with Gasteiger partial charge in [0.15, 0.2) is 0 Å². The number of unbranched alkanes of at least 4 members (excludes halogenated alkanes) is 8. The summed E-state index contributed by atoms with van der Waals surface area (Å²) in [5.74, 6) is 0.337. The quantitative estimate of drug-likeness (QED) is 0.327. The standard InChI is InChI=1S/C16H30O/c1-3-4-5-6-7-8-9-10-11-12-13-14-15-16(2)17/h5-6H,3-4,7-15H2,1-2H3/b6-5-. The number of rotatable bonds is 12. The van der Waals surface area contributed by atoms with E-state index in [4.69, 9.17) is 0 Å². The third-order valence-electron chi connectivity index (χ3n) is 3.02. The Kier molecular flexibility index (Phi) is 13.0. The lowest BCUT2D eigenvalue weighted by atomic mass is 10.1. The minimum atomic E-state index is 0.337. The van der Waals surface area contributed by atoms with Crippen LogP contribution in [0.1, 0.15) is 84.5 Å². The lowest BCUT2D eigenvalue weighted by molar-refractivity contribution is -0.117. The van der Waals surface area contributed by atoms with Crippen LogP contribution in [0, 0.1) is 0 Å². The summed E-state index contributed by atoms with van der Waals surface area (Å²) < 4.78 is 0. The van der Waals surface area contributed by atoms with Crippen LogP contribution in [0.3, 0.4) is 0 Å². The van der Waals surface area contributed by atoms with Crippen LogP contribution < -0.4 is 0 Å². The van der Waals surface area contributed by atoms with Gasteiger partial charge in [0.1, 0.15) is 5.78 Å². The third kappa shape index (κ3) is 15.4. The summed E-state index contributed by atoms with van der Waals surface area (Å²) >= 11 is 0. The van der Waals surface area contributed by atoms with Crippen molar-refractivity contribution in [1.29, 1.82) is 0 Å². The average Bonchev–Trinajstić information content (AvgIpc) is 2.30. The van der Waals surface area contributed by atoms with Crippen molar-refractivity contribution >= 4 is 5.78 Å². The molecule has 0 saturated heterocycles. The molecule has 0 spiro atoms. The second-order valence-corrected chi connectivity index (χ2v) is 4.98. The van der Waals surface area contributed by atoms with Crippen LogP contribution in [0.15, 0.2) is 12.2 Å². The monoisotopic (exact) mass is 238 g/mol. The molecule has 1 heteroatoms. The van der Waals surface area contributed by atoms with Gasteiger partial charge in [-0.25, -0.2) is 0 Å². The van der Waals surface area contributed by atoms with Gasteiger partial charge in [-0.3, -0.25) is 0 Å². The summed E-state index contributed by atoms with van der Waals surface area (Å²) in [6, 6.07) is 0. The van der Waals surface area contributed by atoms with Crippen molar-refractivity contribution in [2.45, 2.75) is 84.5 Å². The molecule has 0 aromatic rings. The Labute approximate surface area is 108 Å². The maximum atomic E-state index is 10.7. The first-order chi connectivity index (χ1) is 8.27. The molecule has 1 nitrogen and oxygen atoms in total. The van der Waals surface area contributed by atoms with Crippen LogP contribution >= 0.6 is 0 Å². The van der Waals surface area contributed by atoms with Gasteiger partial charge in [0.05, 0.1) is 0 Å². The molecule has 0 unspecified atom stereocenters. The highest BCUT2D eigenvalue weighted by Crippen LogP contribution is 2.10. The number of carbonyl (C=O) groups is 1. The van der Waals surface area contributed by atoms with Crippen molar-refractivity contribution in [3.05, 3.63) is 12.2 Å². The number of Topliss-reactive ketones (excluding diaryl/α,β-unsaturated/α-hetero) is 1. The van der Waals surface area contributed by atoms with Crippen molar-refractivity contribution in [3.8, 4) is 0 Å². The van der Waals surface area contributed by atoms with Gasteiger partial charge in [-0.2, -0.15) is 0 Å². The van der Waals surface area contributed by atoms with Crippen LogP contribution in [0.25, 0.3) is 0 Å². The lowest BCUT2D eigenvalue weighted by Gasteiger charge is -2.00. The molecule has 0 bridgehead atoms. The molecule has 0 aliphatic heterocycles. The molecule has 0 saturated carbocycles. The van der Waals surface area contributed by atoms with E-state index < -0.39 is 0 Å². The molecule has 0 aliphatic carbocycles. The number of allylic oxidation sites excluding steroid dienone is 2. The van der Waals surface area contributed by atoms with E-state index >= 15 is 0 Å². The molecule has 100 valence electrons. The molecule has 0 radical (unpaired) electrons. The zero-order valence-corrected chi connectivity index (χ0v) is 11.8. The minimum Gasteiger partial charge on any atom is -0.300 e. The smallest absolute Gasteiger partial charge is 0.129 e. The highest BCUT2D eigenvalue weighted by atomic mass is 16.1. The number of hydrogen-bond acceptors (Lipinski definition) is 1. The Bertz CT molecular complexity index is 194. The predicted octanol–water partition coefficient (Wildman–Crippen LogP) is 5.44. The van der Waals surface area contributed by atoms with Crippen molar-refractivity contribution < 1.29 is 4.79 Å². The fourth-order valence-electron chi connectivity index (χ4n) is 1.92. The maximum Gasteiger partial charge on any atom is 0.129 e. The summed E-state index contributed by atoms with van der Waals surface area (Å²) in [7, 11) is 0. The van der Waals surface area contributed by atoms with Crippen molar-refractivity contribution in [1.82, 2.24) is 0 Å². The van der Waals surface area contributed by atoms with Crippen molar-refractivity contribution in [3.63, 3.8) is 0 Å². The van der Waals surface area contributed by atoms with E-state index in [2.05, 4.69) is 19.1 Å². The largest absolute Gasteiger partial charge is 0.300 e. The fourth-order valence-corrected chi connectivity index (χ4v) is 1.92. The first kappa shape index (κ1) is 16.4. The molecule has 0 N–H and O–H groups in total. The summed E-state index contributed by atoms with van der Waals surface area (Å²) in [6.07, 6.45) is 18.2. The number of ketones is 1. The minimum absolute atomic E-state index is 0.337. The van der Waals surface area contributed by atoms with Crippen molar-refractivity contribution in [2.24, 2.45) is 0 Å². The summed E-state index contributed by atoms with van der Waals surface area (Å²) in [5.41, 5.74) is 0. The normalized spacial score (nSPS) is 11.2. The zero-order valence-electron chi connectivity index (χ0n) is 11.8. The molecule has 0 aliphatic rings. The van der Waals surface area contributed by atoms with E-state index in [9.17, 15) is 4.79 Å². The van der Waals surface area contributed by atoms with Gasteiger partial charge in [0.25, 0.3) is 0 Å². The van der Waals surface area contributed by atoms with Crippen LogP contribution in [0.4, 0.5) is 0 Å². The SMILES string of the molecule is CCC/C=C\CCCCCCCCCC(C)=O. The molecule has 0 amide bonds. The Morgan fingerprint density at radius 1 is 0.824 bits per heavy atom. The van der Waals surface area contributed by atoms with E-state index in [-0.39, 0.29) is 0 Å². The fraction of sp³-hybridized carbons (Fsp3) is 0.812. The Balaban J connectivity index is 3.01. The topological polar surface area (TPSA) is 17.1 Å². The predicted molar refractivity (Wildman–Crippen MR) is 76.3 cm³/mol. The van der Waals surface area contributed by atoms with Gasteiger partial charge >= 0.3 is 0 Å². The highest BCUT2D eigenvalue weighted by molar-refractivity contribution is 5.75. The first-order valence-corrected chi connectivity index (χ1v) is 7.41. The van der Waals surface area contributed by atoms with E-state index in [0.717, 1.165) is 12.8 Å². The molecule has 0 aromatic heterocycles. The van der Waals surface area contributed by atoms with Gasteiger partial charge in [0, 0.05) is 6.42 Å². The Morgan fingerprint density at radius 3 is 1.94 bits per heavy atom. The second kappa shape index (κ2) is 13.5. The summed E-state index contributed by atoms with van der Waals surface area (Å²) in [4.78, 5) is 10.7. The molecule has 0 atom stereocenters. The van der Waals surface area contributed by atoms with Gasteiger partial charge in [-0.15, -0.1) is 0 Å². The molecule has 0 fully saturated rings. The summed E-state index contributed by atoms with van der Waals surface area (Å²) in [5, 5.41) is 0. The van der Waals surface area contributed by atoms with E-state index in [0.29, 0.717) is 5.78 Å². The van der Waals surface area contributed by atoms with Crippen LogP contribution in [-0.2, 0) is 4.79 Å². The molecule has 0 heterocycles. The third-order valence-corrected chi connectivity index (χ3v) is 3.02. The number of carbonyl (C=O) groups excluding carboxylic acids is 1. The maximum absolute atomic E-state index is 10.7. The Hall–Kier alpha value is -0.590. The average molecular weight is 238 g/mol.